The highest BCUT2D eigenvalue weighted by molar-refractivity contribution is 6.08. The Morgan fingerprint density at radius 1 is 1.15 bits per heavy atom. The summed E-state index contributed by atoms with van der Waals surface area (Å²) in [7, 11) is 1.83. The molecule has 8 heteroatoms. The van der Waals surface area contributed by atoms with Crippen molar-refractivity contribution in [3.05, 3.63) is 78.5 Å². The number of fused-ring (bicyclic) bond motifs is 1. The number of nitrogens with one attached hydrogen (secondary N) is 3. The second-order valence-electron chi connectivity index (χ2n) is 8.36. The molecule has 1 fully saturated rings. The lowest BCUT2D eigenvalue weighted by atomic mass is 10.1. The van der Waals surface area contributed by atoms with Gasteiger partial charge in [0.2, 0.25) is 0 Å². The van der Waals surface area contributed by atoms with Gasteiger partial charge in [-0.25, -0.2) is 15.0 Å². The first-order valence-electron chi connectivity index (χ1n) is 11.4. The van der Waals surface area contributed by atoms with E-state index in [1.165, 1.54) is 19.1 Å². The van der Waals surface area contributed by atoms with Gasteiger partial charge in [-0.2, -0.15) is 0 Å². The van der Waals surface area contributed by atoms with Gasteiger partial charge in [0.25, 0.3) is 0 Å². The first-order chi connectivity index (χ1) is 16.7. The summed E-state index contributed by atoms with van der Waals surface area (Å²) in [4.78, 5) is 13.4. The minimum Gasteiger partial charge on any atom is -0.493 e. The van der Waals surface area contributed by atoms with E-state index in [-0.39, 0.29) is 0 Å². The van der Waals surface area contributed by atoms with Crippen molar-refractivity contribution in [2.45, 2.75) is 19.4 Å². The minimum atomic E-state index is 0.626. The summed E-state index contributed by atoms with van der Waals surface area (Å²) in [6.07, 6.45) is 11.0. The highest BCUT2D eigenvalue weighted by Crippen LogP contribution is 2.30. The van der Waals surface area contributed by atoms with Crippen LogP contribution in [0, 0.1) is 11.3 Å². The standard InChI is InChI=1S/C26H27N7O/c1-28-14-21(12-27)20-6-4-18(5-7-20)13-29-25-11-23(31-17-32-25)24-15-30-26-10-22(8-9-33(24)26)34-16-19-2-3-19/h4-12,14-15,17,19,27-28H,2-3,13,16H2,1H3,(H,29,31,32)/b21-14+,27-12?. The lowest BCUT2D eigenvalue weighted by Gasteiger charge is -2.09. The van der Waals surface area contributed by atoms with Crippen LogP contribution >= 0.6 is 0 Å². The van der Waals surface area contributed by atoms with Crippen molar-refractivity contribution in [2.24, 2.45) is 5.92 Å². The van der Waals surface area contributed by atoms with Crippen molar-refractivity contribution in [1.82, 2.24) is 24.7 Å². The van der Waals surface area contributed by atoms with Crippen LogP contribution in [0.2, 0.25) is 0 Å². The molecule has 3 N–H and O–H groups in total. The summed E-state index contributed by atoms with van der Waals surface area (Å²) < 4.78 is 7.89. The largest absolute Gasteiger partial charge is 0.493 e. The smallest absolute Gasteiger partial charge is 0.140 e. The molecular formula is C26H27N7O. The third kappa shape index (κ3) is 4.91. The zero-order valence-electron chi connectivity index (χ0n) is 19.0. The molecule has 1 aliphatic rings. The van der Waals surface area contributed by atoms with Gasteiger partial charge in [0.15, 0.2) is 0 Å². The first-order valence-corrected chi connectivity index (χ1v) is 11.4. The van der Waals surface area contributed by atoms with Gasteiger partial charge < -0.3 is 20.8 Å². The maximum atomic E-state index is 7.55. The van der Waals surface area contributed by atoms with Gasteiger partial charge >= 0.3 is 0 Å². The number of ether oxygens (including phenoxy) is 1. The fraction of sp³-hybridized carbons (Fsp3) is 0.231. The molecule has 0 bridgehead atoms. The molecule has 0 unspecified atom stereocenters. The van der Waals surface area contributed by atoms with Crippen LogP contribution in [-0.4, -0.2) is 39.2 Å². The number of imidazole rings is 1. The predicted molar refractivity (Wildman–Crippen MR) is 134 cm³/mol. The van der Waals surface area contributed by atoms with E-state index in [2.05, 4.69) is 25.6 Å². The van der Waals surface area contributed by atoms with Crippen molar-refractivity contribution in [3.8, 4) is 17.1 Å². The number of hydrogen-bond acceptors (Lipinski definition) is 7. The Morgan fingerprint density at radius 2 is 2.00 bits per heavy atom. The molecule has 8 nitrogen and oxygen atoms in total. The van der Waals surface area contributed by atoms with Crippen LogP contribution in [0.1, 0.15) is 24.0 Å². The number of allylic oxidation sites excluding steroid dienone is 1. The maximum absolute atomic E-state index is 7.55. The molecule has 0 radical (unpaired) electrons. The number of nitrogens with zero attached hydrogens (tertiary/aromatic N) is 4. The molecule has 0 atom stereocenters. The fourth-order valence-electron chi connectivity index (χ4n) is 3.71. The number of pyridine rings is 1. The van der Waals surface area contributed by atoms with Crippen LogP contribution in [0.5, 0.6) is 5.75 Å². The molecule has 5 rings (SSSR count). The van der Waals surface area contributed by atoms with E-state index in [1.807, 2.05) is 72.5 Å². The van der Waals surface area contributed by atoms with E-state index in [9.17, 15) is 0 Å². The number of aromatic nitrogens is 4. The topological polar surface area (TPSA) is 100 Å². The fourth-order valence-corrected chi connectivity index (χ4v) is 3.71. The third-order valence-corrected chi connectivity index (χ3v) is 5.81. The quantitative estimate of drug-likeness (QED) is 0.308. The molecule has 1 aliphatic carbocycles. The van der Waals surface area contributed by atoms with Gasteiger partial charge in [0, 0.05) is 49.9 Å². The number of benzene rings is 1. The Balaban J connectivity index is 1.27. The van der Waals surface area contributed by atoms with Crippen molar-refractivity contribution in [1.29, 1.82) is 5.41 Å². The summed E-state index contributed by atoms with van der Waals surface area (Å²) in [6, 6.07) is 14.0. The van der Waals surface area contributed by atoms with Crippen molar-refractivity contribution >= 4 is 23.3 Å². The predicted octanol–water partition coefficient (Wildman–Crippen LogP) is 4.40. The van der Waals surface area contributed by atoms with Gasteiger partial charge in [-0.3, -0.25) is 4.40 Å². The summed E-state index contributed by atoms with van der Waals surface area (Å²) in [6.45, 7) is 1.41. The monoisotopic (exact) mass is 453 g/mol. The van der Waals surface area contributed by atoms with Crippen LogP contribution in [0.3, 0.4) is 0 Å². The highest BCUT2D eigenvalue weighted by atomic mass is 16.5. The summed E-state index contributed by atoms with van der Waals surface area (Å²) in [5.74, 6) is 2.30. The lowest BCUT2D eigenvalue weighted by molar-refractivity contribution is 0.300. The van der Waals surface area contributed by atoms with E-state index in [0.717, 1.165) is 51.9 Å². The molecule has 34 heavy (non-hydrogen) atoms. The average molecular weight is 454 g/mol. The van der Waals surface area contributed by atoms with E-state index in [1.54, 1.807) is 6.33 Å². The number of hydrogen-bond donors (Lipinski definition) is 3. The summed E-state index contributed by atoms with van der Waals surface area (Å²) in [5.41, 5.74) is 5.46. The Morgan fingerprint density at radius 3 is 2.76 bits per heavy atom. The summed E-state index contributed by atoms with van der Waals surface area (Å²) >= 11 is 0. The van der Waals surface area contributed by atoms with E-state index in [0.29, 0.717) is 12.5 Å². The second-order valence-corrected chi connectivity index (χ2v) is 8.36. The van der Waals surface area contributed by atoms with Gasteiger partial charge in [-0.15, -0.1) is 0 Å². The SMILES string of the molecule is CN/C=C(\C=N)c1ccc(CNc2cc(-c3cnc4cc(OCC5CC5)ccn34)ncn2)cc1. The molecule has 1 saturated carbocycles. The molecule has 3 aromatic heterocycles. The maximum Gasteiger partial charge on any atom is 0.140 e. The summed E-state index contributed by atoms with van der Waals surface area (Å²) in [5, 5.41) is 13.9. The third-order valence-electron chi connectivity index (χ3n) is 5.81. The molecule has 3 heterocycles. The molecule has 0 spiro atoms. The minimum absolute atomic E-state index is 0.626. The molecule has 4 aromatic rings. The van der Waals surface area contributed by atoms with Crippen LogP contribution in [0.4, 0.5) is 5.82 Å². The van der Waals surface area contributed by atoms with Crippen molar-refractivity contribution in [3.63, 3.8) is 0 Å². The normalized spacial score (nSPS) is 13.6. The second kappa shape index (κ2) is 9.74. The van der Waals surface area contributed by atoms with Gasteiger partial charge in [0.1, 0.15) is 23.5 Å². The molecular weight excluding hydrogens is 426 g/mol. The molecule has 0 aliphatic heterocycles. The molecule has 172 valence electrons. The number of anilines is 1. The molecule has 1 aromatic carbocycles. The molecule has 0 amide bonds. The zero-order chi connectivity index (χ0) is 23.3. The van der Waals surface area contributed by atoms with Crippen molar-refractivity contribution in [2.75, 3.05) is 19.0 Å². The Hall–Kier alpha value is -4.20. The van der Waals surface area contributed by atoms with Crippen molar-refractivity contribution < 1.29 is 4.74 Å². The average Bonchev–Trinajstić information content (AvgIpc) is 3.62. The highest BCUT2D eigenvalue weighted by Gasteiger charge is 2.22. The first kappa shape index (κ1) is 21.6. The lowest BCUT2D eigenvalue weighted by Crippen LogP contribution is -2.03. The van der Waals surface area contributed by atoms with E-state index < -0.39 is 0 Å². The van der Waals surface area contributed by atoms with Crippen LogP contribution < -0.4 is 15.4 Å². The Bertz CT molecular complexity index is 1320. The molecule has 0 saturated heterocycles. The van der Waals surface area contributed by atoms with Crippen LogP contribution in [-0.2, 0) is 6.54 Å². The van der Waals surface area contributed by atoms with Gasteiger partial charge in [0.05, 0.1) is 24.2 Å². The van der Waals surface area contributed by atoms with Gasteiger partial charge in [-0.05, 0) is 36.0 Å². The zero-order valence-corrected chi connectivity index (χ0v) is 19.0. The van der Waals surface area contributed by atoms with Crippen LogP contribution in [0.15, 0.2) is 67.4 Å². The Labute approximate surface area is 198 Å². The van der Waals surface area contributed by atoms with Gasteiger partial charge in [-0.1, -0.05) is 24.3 Å². The van der Waals surface area contributed by atoms with E-state index >= 15 is 0 Å². The van der Waals surface area contributed by atoms with Crippen LogP contribution in [0.25, 0.3) is 22.6 Å². The Kier molecular flexibility index (Phi) is 6.20. The number of rotatable bonds is 10. The van der Waals surface area contributed by atoms with E-state index in [4.69, 9.17) is 10.1 Å².